The molecule has 1 nitrogen and oxygen atoms in total. The molecule has 6 atom stereocenters. The van der Waals surface area contributed by atoms with Crippen molar-refractivity contribution in [3.05, 3.63) is 0 Å². The third-order valence-electron chi connectivity index (χ3n) is 7.05. The number of aliphatic hydroxyl groups excluding tert-OH is 1. The number of aliphatic hydroxyl groups is 1. The third-order valence-corrected chi connectivity index (χ3v) is 7.05. The highest BCUT2D eigenvalue weighted by atomic mass is 16.3. The molecule has 4 bridgehead atoms. The van der Waals surface area contributed by atoms with Gasteiger partial charge >= 0.3 is 0 Å². The van der Waals surface area contributed by atoms with E-state index in [1.54, 1.807) is 0 Å². The molecule has 18 heavy (non-hydrogen) atoms. The number of rotatable bonds is 2. The molecule has 3 aliphatic rings. The summed E-state index contributed by atoms with van der Waals surface area (Å²) in [6.07, 6.45) is 7.83. The normalized spacial score (nSPS) is 51.2. The van der Waals surface area contributed by atoms with Gasteiger partial charge in [0.2, 0.25) is 0 Å². The first-order chi connectivity index (χ1) is 8.42. The molecule has 0 aromatic heterocycles. The van der Waals surface area contributed by atoms with Gasteiger partial charge in [-0.15, -0.1) is 0 Å². The maximum Gasteiger partial charge on any atom is 0.0573 e. The van der Waals surface area contributed by atoms with Crippen LogP contribution in [0.1, 0.15) is 66.2 Å². The van der Waals surface area contributed by atoms with Gasteiger partial charge in [0.25, 0.3) is 0 Å². The Labute approximate surface area is 112 Å². The molecule has 1 N–H and O–H groups in total. The molecule has 0 aromatic rings. The van der Waals surface area contributed by atoms with Crippen LogP contribution in [0.5, 0.6) is 0 Å². The smallest absolute Gasteiger partial charge is 0.0573 e. The molecule has 3 fully saturated rings. The summed E-state index contributed by atoms with van der Waals surface area (Å²) in [4.78, 5) is 0. The predicted molar refractivity (Wildman–Crippen MR) is 75.2 cm³/mol. The van der Waals surface area contributed by atoms with Gasteiger partial charge in [0.1, 0.15) is 0 Å². The Kier molecular flexibility index (Phi) is 2.86. The highest BCUT2D eigenvalue weighted by molar-refractivity contribution is 5.14. The van der Waals surface area contributed by atoms with Crippen LogP contribution in [-0.4, -0.2) is 11.2 Å². The van der Waals surface area contributed by atoms with Crippen LogP contribution >= 0.6 is 0 Å². The molecule has 104 valence electrons. The second kappa shape index (κ2) is 3.98. The van der Waals surface area contributed by atoms with Gasteiger partial charge in [0, 0.05) is 0 Å². The molecular formula is C17H30O. The van der Waals surface area contributed by atoms with E-state index in [0.717, 1.165) is 24.2 Å². The molecule has 3 saturated carbocycles. The van der Waals surface area contributed by atoms with E-state index in [9.17, 15) is 5.11 Å². The van der Waals surface area contributed by atoms with E-state index in [1.165, 1.54) is 32.1 Å². The predicted octanol–water partition coefficient (Wildman–Crippen LogP) is 4.25. The second-order valence-corrected chi connectivity index (χ2v) is 8.22. The summed E-state index contributed by atoms with van der Waals surface area (Å²) in [5.41, 5.74) is 0.947. The molecule has 3 aliphatic carbocycles. The van der Waals surface area contributed by atoms with Crippen LogP contribution in [0.15, 0.2) is 0 Å². The Morgan fingerprint density at radius 2 is 1.89 bits per heavy atom. The van der Waals surface area contributed by atoms with Crippen molar-refractivity contribution >= 4 is 0 Å². The van der Waals surface area contributed by atoms with Crippen LogP contribution in [0.3, 0.4) is 0 Å². The van der Waals surface area contributed by atoms with Crippen LogP contribution in [0.4, 0.5) is 0 Å². The first-order valence-corrected chi connectivity index (χ1v) is 8.10. The second-order valence-electron chi connectivity index (χ2n) is 8.22. The zero-order valence-corrected chi connectivity index (χ0v) is 12.6. The van der Waals surface area contributed by atoms with Gasteiger partial charge in [0.15, 0.2) is 0 Å². The van der Waals surface area contributed by atoms with E-state index in [0.29, 0.717) is 16.7 Å². The van der Waals surface area contributed by atoms with Crippen molar-refractivity contribution in [2.75, 3.05) is 0 Å². The lowest BCUT2D eigenvalue weighted by atomic mass is 9.62. The van der Waals surface area contributed by atoms with Crippen molar-refractivity contribution in [1.82, 2.24) is 0 Å². The molecule has 0 aliphatic heterocycles. The fourth-order valence-electron chi connectivity index (χ4n) is 6.46. The van der Waals surface area contributed by atoms with E-state index >= 15 is 0 Å². The van der Waals surface area contributed by atoms with E-state index in [4.69, 9.17) is 0 Å². The first kappa shape index (κ1) is 13.0. The molecule has 3 rings (SSSR count). The van der Waals surface area contributed by atoms with Gasteiger partial charge in [-0.1, -0.05) is 34.1 Å². The zero-order valence-electron chi connectivity index (χ0n) is 12.6. The van der Waals surface area contributed by atoms with Crippen molar-refractivity contribution < 1.29 is 5.11 Å². The van der Waals surface area contributed by atoms with Gasteiger partial charge < -0.3 is 5.11 Å². The Morgan fingerprint density at radius 3 is 2.56 bits per heavy atom. The van der Waals surface area contributed by atoms with E-state index < -0.39 is 0 Å². The molecule has 1 heteroatoms. The summed E-state index contributed by atoms with van der Waals surface area (Å²) < 4.78 is 0. The van der Waals surface area contributed by atoms with Crippen molar-refractivity contribution in [3.8, 4) is 0 Å². The van der Waals surface area contributed by atoms with Gasteiger partial charge in [-0.05, 0) is 66.6 Å². The Bertz CT molecular complexity index is 335. The van der Waals surface area contributed by atoms with Gasteiger partial charge in [0.05, 0.1) is 6.10 Å². The number of hydrogen-bond donors (Lipinski definition) is 1. The monoisotopic (exact) mass is 250 g/mol. The number of hydrogen-bond acceptors (Lipinski definition) is 1. The minimum Gasteiger partial charge on any atom is -0.393 e. The fourth-order valence-corrected chi connectivity index (χ4v) is 6.46. The van der Waals surface area contributed by atoms with E-state index in [-0.39, 0.29) is 6.10 Å². The topological polar surface area (TPSA) is 20.2 Å². The summed E-state index contributed by atoms with van der Waals surface area (Å²) >= 11 is 0. The van der Waals surface area contributed by atoms with Crippen LogP contribution in [0.2, 0.25) is 0 Å². The lowest BCUT2D eigenvalue weighted by Gasteiger charge is -2.44. The summed E-state index contributed by atoms with van der Waals surface area (Å²) in [7, 11) is 0. The zero-order chi connectivity index (χ0) is 13.1. The molecule has 0 amide bonds. The standard InChI is InChI=1S/C17H30O/c1-5-13(18)15-11-7-8-12-14(11)16(2,3)9-6-10-17(12,15)4/h11-15,18H,5-10H2,1-4H3/t11-,12+,13+,14+,15+,17-/m0/s1. The Hall–Kier alpha value is -0.0400. The van der Waals surface area contributed by atoms with Gasteiger partial charge in [-0.25, -0.2) is 0 Å². The summed E-state index contributed by atoms with van der Waals surface area (Å²) in [6.45, 7) is 9.66. The minimum atomic E-state index is -0.0540. The quantitative estimate of drug-likeness (QED) is 0.777. The maximum absolute atomic E-state index is 10.6. The van der Waals surface area contributed by atoms with Crippen LogP contribution in [-0.2, 0) is 0 Å². The molecule has 0 aromatic carbocycles. The molecule has 0 saturated heterocycles. The highest BCUT2D eigenvalue weighted by Crippen LogP contribution is 2.71. The van der Waals surface area contributed by atoms with Gasteiger partial charge in [-0.2, -0.15) is 0 Å². The van der Waals surface area contributed by atoms with Crippen LogP contribution < -0.4 is 0 Å². The molecule has 0 unspecified atom stereocenters. The molecule has 0 radical (unpaired) electrons. The lowest BCUT2D eigenvalue weighted by molar-refractivity contribution is -0.0226. The summed E-state index contributed by atoms with van der Waals surface area (Å²) in [5, 5.41) is 10.6. The van der Waals surface area contributed by atoms with Crippen molar-refractivity contribution in [1.29, 1.82) is 0 Å². The maximum atomic E-state index is 10.6. The summed E-state index contributed by atoms with van der Waals surface area (Å²) in [5.74, 6) is 3.18. The lowest BCUT2D eigenvalue weighted by Crippen LogP contribution is -2.41. The Balaban J connectivity index is 2.02. The van der Waals surface area contributed by atoms with E-state index in [1.807, 2.05) is 0 Å². The third kappa shape index (κ3) is 1.49. The van der Waals surface area contributed by atoms with Crippen LogP contribution in [0, 0.1) is 34.5 Å². The minimum absolute atomic E-state index is 0.0540. The average Bonchev–Trinajstić information content (AvgIpc) is 2.79. The average molecular weight is 250 g/mol. The van der Waals surface area contributed by atoms with E-state index in [2.05, 4.69) is 27.7 Å². The molecule has 0 heterocycles. The SMILES string of the molecule is CC[C@@H](O)[C@H]1[C@H]2CC[C@@H]3[C@@H]2C(C)(C)CCC[C@]13C. The summed E-state index contributed by atoms with van der Waals surface area (Å²) in [6, 6.07) is 0. The first-order valence-electron chi connectivity index (χ1n) is 8.10. The molecular weight excluding hydrogens is 220 g/mol. The van der Waals surface area contributed by atoms with Crippen molar-refractivity contribution in [2.24, 2.45) is 34.5 Å². The van der Waals surface area contributed by atoms with Crippen molar-refractivity contribution in [2.45, 2.75) is 72.3 Å². The van der Waals surface area contributed by atoms with Crippen molar-refractivity contribution in [3.63, 3.8) is 0 Å². The fraction of sp³-hybridized carbons (Fsp3) is 1.00. The molecule has 0 spiro atoms. The Morgan fingerprint density at radius 1 is 1.17 bits per heavy atom. The van der Waals surface area contributed by atoms with Crippen LogP contribution in [0.25, 0.3) is 0 Å². The highest BCUT2D eigenvalue weighted by Gasteiger charge is 2.65. The largest absolute Gasteiger partial charge is 0.393 e. The van der Waals surface area contributed by atoms with Gasteiger partial charge in [-0.3, -0.25) is 0 Å².